The number of rotatable bonds is 11. The molecule has 2 saturated heterocycles. The molecule has 2 heterocycles. The first-order valence-electron chi connectivity index (χ1n) is 13.1. The van der Waals surface area contributed by atoms with E-state index in [0.717, 1.165) is 25.1 Å². The maximum absolute atomic E-state index is 13.4. The fraction of sp³-hybridized carbons (Fsp3) is 0.414. The summed E-state index contributed by atoms with van der Waals surface area (Å²) >= 11 is 0. The van der Waals surface area contributed by atoms with E-state index in [-0.39, 0.29) is 17.9 Å². The molecule has 2 fully saturated rings. The van der Waals surface area contributed by atoms with E-state index in [0.29, 0.717) is 55.5 Å². The first kappa shape index (κ1) is 28.1. The van der Waals surface area contributed by atoms with E-state index in [9.17, 15) is 19.5 Å². The zero-order chi connectivity index (χ0) is 27.9. The lowest BCUT2D eigenvalue weighted by Crippen LogP contribution is -2.42. The lowest BCUT2D eigenvalue weighted by molar-refractivity contribution is -0.140. The number of nitrogens with zero attached hydrogens (tertiary/aromatic N) is 2. The summed E-state index contributed by atoms with van der Waals surface area (Å²) in [7, 11) is 0. The quantitative estimate of drug-likeness (QED) is 0.254. The number of primary amides is 1. The van der Waals surface area contributed by atoms with Gasteiger partial charge in [0.05, 0.1) is 31.4 Å². The number of Topliss-reactive ketones (excluding diaryl/α,β-unsaturated/α-hetero) is 1. The van der Waals surface area contributed by atoms with Crippen molar-refractivity contribution >= 4 is 23.4 Å². The standard InChI is InChI=1S/C29H35N3O7/c1-3-14-38-22-8-9-23(19(2)17-22)27(34)25-26(20-4-6-21(7-5-20)39-18-24(30)33)32(29(36)28(25)35)11-10-31-12-15-37-16-13-31/h4-9,17,26,34H,3,10-16,18H2,1-2H3,(H2,30,33). The van der Waals surface area contributed by atoms with E-state index < -0.39 is 23.6 Å². The largest absolute Gasteiger partial charge is 0.507 e. The molecular weight excluding hydrogens is 502 g/mol. The van der Waals surface area contributed by atoms with Gasteiger partial charge in [-0.3, -0.25) is 19.3 Å². The molecule has 10 heteroatoms. The van der Waals surface area contributed by atoms with Crippen LogP contribution >= 0.6 is 0 Å². The van der Waals surface area contributed by atoms with E-state index >= 15 is 0 Å². The third kappa shape index (κ3) is 6.58. The Labute approximate surface area is 227 Å². The van der Waals surface area contributed by atoms with Gasteiger partial charge in [0.1, 0.15) is 17.3 Å². The van der Waals surface area contributed by atoms with Crippen LogP contribution in [0.3, 0.4) is 0 Å². The Balaban J connectivity index is 1.70. The van der Waals surface area contributed by atoms with Gasteiger partial charge in [-0.15, -0.1) is 0 Å². The Hall–Kier alpha value is -3.89. The molecule has 2 aliphatic heterocycles. The molecule has 4 rings (SSSR count). The van der Waals surface area contributed by atoms with Crippen molar-refractivity contribution in [1.82, 2.24) is 9.80 Å². The molecule has 1 atom stereocenters. The summed E-state index contributed by atoms with van der Waals surface area (Å²) in [5, 5.41) is 11.5. The Morgan fingerprint density at radius 3 is 2.38 bits per heavy atom. The number of likely N-dealkylation sites (tertiary alicyclic amines) is 1. The SMILES string of the molecule is CCCOc1ccc(C(O)=C2C(=O)C(=O)N(CCN3CCOCC3)C2c2ccc(OCC(N)=O)cc2)c(C)c1. The normalized spacial score (nSPS) is 19.3. The summed E-state index contributed by atoms with van der Waals surface area (Å²) in [6.07, 6.45) is 0.862. The minimum absolute atomic E-state index is 0.0260. The van der Waals surface area contributed by atoms with Gasteiger partial charge in [0.15, 0.2) is 6.61 Å². The monoisotopic (exact) mass is 537 g/mol. The summed E-state index contributed by atoms with van der Waals surface area (Å²) in [5.41, 5.74) is 6.99. The van der Waals surface area contributed by atoms with Gasteiger partial charge in [-0.2, -0.15) is 0 Å². The average Bonchev–Trinajstić information content (AvgIpc) is 3.19. The van der Waals surface area contributed by atoms with Crippen molar-refractivity contribution in [3.8, 4) is 11.5 Å². The third-order valence-corrected chi connectivity index (χ3v) is 6.80. The fourth-order valence-electron chi connectivity index (χ4n) is 4.79. The molecule has 0 saturated carbocycles. The van der Waals surface area contributed by atoms with E-state index in [1.165, 1.54) is 4.90 Å². The number of hydrogen-bond acceptors (Lipinski definition) is 8. The number of nitrogens with two attached hydrogens (primary N) is 1. The Bertz CT molecular complexity index is 1240. The van der Waals surface area contributed by atoms with Crippen LogP contribution in [0.2, 0.25) is 0 Å². The number of morpholine rings is 1. The molecule has 0 bridgehead atoms. The fourth-order valence-corrected chi connectivity index (χ4v) is 4.79. The Morgan fingerprint density at radius 2 is 1.74 bits per heavy atom. The maximum Gasteiger partial charge on any atom is 0.295 e. The van der Waals surface area contributed by atoms with Crippen LogP contribution < -0.4 is 15.2 Å². The maximum atomic E-state index is 13.4. The molecule has 10 nitrogen and oxygen atoms in total. The predicted molar refractivity (Wildman–Crippen MR) is 144 cm³/mol. The van der Waals surface area contributed by atoms with E-state index in [1.807, 2.05) is 13.8 Å². The van der Waals surface area contributed by atoms with Gasteiger partial charge in [0, 0.05) is 31.7 Å². The van der Waals surface area contributed by atoms with Gasteiger partial charge >= 0.3 is 0 Å². The number of hydrogen-bond donors (Lipinski definition) is 2. The molecule has 2 aromatic carbocycles. The van der Waals surface area contributed by atoms with Gasteiger partial charge in [-0.1, -0.05) is 19.1 Å². The second-order valence-corrected chi connectivity index (χ2v) is 9.60. The molecule has 2 aliphatic rings. The van der Waals surface area contributed by atoms with Gasteiger partial charge in [0.2, 0.25) is 0 Å². The predicted octanol–water partition coefficient (Wildman–Crippen LogP) is 2.40. The van der Waals surface area contributed by atoms with Crippen LogP contribution in [0.5, 0.6) is 11.5 Å². The van der Waals surface area contributed by atoms with Crippen molar-refractivity contribution in [2.75, 3.05) is 52.6 Å². The second-order valence-electron chi connectivity index (χ2n) is 9.60. The van der Waals surface area contributed by atoms with Crippen molar-refractivity contribution in [2.45, 2.75) is 26.3 Å². The molecule has 0 spiro atoms. The summed E-state index contributed by atoms with van der Waals surface area (Å²) in [6, 6.07) is 11.2. The van der Waals surface area contributed by atoms with Gasteiger partial charge < -0.3 is 30.0 Å². The second kappa shape index (κ2) is 12.8. The zero-order valence-electron chi connectivity index (χ0n) is 22.4. The summed E-state index contributed by atoms with van der Waals surface area (Å²) < 4.78 is 16.5. The van der Waals surface area contributed by atoms with Crippen molar-refractivity contribution in [3.63, 3.8) is 0 Å². The molecule has 3 N–H and O–H groups in total. The average molecular weight is 538 g/mol. The Morgan fingerprint density at radius 1 is 1.05 bits per heavy atom. The number of aryl methyl sites for hydroxylation is 1. The number of aliphatic hydroxyl groups excluding tert-OH is 1. The highest BCUT2D eigenvalue weighted by molar-refractivity contribution is 6.46. The van der Waals surface area contributed by atoms with Crippen LogP contribution in [0.4, 0.5) is 0 Å². The number of amides is 2. The van der Waals surface area contributed by atoms with Crippen molar-refractivity contribution in [2.24, 2.45) is 5.73 Å². The summed E-state index contributed by atoms with van der Waals surface area (Å²) in [5.74, 6) is -1.15. The molecule has 208 valence electrons. The lowest BCUT2D eigenvalue weighted by Gasteiger charge is -2.31. The van der Waals surface area contributed by atoms with Crippen molar-refractivity contribution < 1.29 is 33.7 Å². The van der Waals surface area contributed by atoms with Crippen molar-refractivity contribution in [3.05, 3.63) is 64.7 Å². The zero-order valence-corrected chi connectivity index (χ0v) is 22.4. The van der Waals surface area contributed by atoms with E-state index in [1.54, 1.807) is 42.5 Å². The molecule has 0 radical (unpaired) electrons. The Kier molecular flexibility index (Phi) is 9.21. The minimum atomic E-state index is -0.799. The highest BCUT2D eigenvalue weighted by atomic mass is 16.5. The van der Waals surface area contributed by atoms with Crippen LogP contribution in [0.1, 0.15) is 36.1 Å². The topological polar surface area (TPSA) is 132 Å². The molecule has 39 heavy (non-hydrogen) atoms. The molecule has 0 aromatic heterocycles. The number of benzene rings is 2. The van der Waals surface area contributed by atoms with E-state index in [4.69, 9.17) is 19.9 Å². The molecular formula is C29H35N3O7. The van der Waals surface area contributed by atoms with Crippen LogP contribution in [0, 0.1) is 6.92 Å². The highest BCUT2D eigenvalue weighted by Gasteiger charge is 2.46. The smallest absolute Gasteiger partial charge is 0.295 e. The summed E-state index contributed by atoms with van der Waals surface area (Å²) in [6.45, 7) is 7.72. The van der Waals surface area contributed by atoms with Crippen LogP contribution in [-0.2, 0) is 19.1 Å². The number of carbonyl (C=O) groups is 3. The van der Waals surface area contributed by atoms with E-state index in [2.05, 4.69) is 4.90 Å². The molecule has 2 amide bonds. The van der Waals surface area contributed by atoms with Crippen molar-refractivity contribution in [1.29, 1.82) is 0 Å². The molecule has 2 aromatic rings. The van der Waals surface area contributed by atoms with Crippen LogP contribution in [0.25, 0.3) is 5.76 Å². The molecule has 0 aliphatic carbocycles. The molecule has 1 unspecified atom stereocenters. The third-order valence-electron chi connectivity index (χ3n) is 6.80. The minimum Gasteiger partial charge on any atom is -0.507 e. The number of carbonyl (C=O) groups excluding carboxylic acids is 3. The summed E-state index contributed by atoms with van der Waals surface area (Å²) in [4.78, 5) is 41.5. The van der Waals surface area contributed by atoms with Gasteiger partial charge in [0.25, 0.3) is 17.6 Å². The number of ketones is 1. The van der Waals surface area contributed by atoms with Gasteiger partial charge in [-0.05, 0) is 54.8 Å². The first-order chi connectivity index (χ1) is 18.8. The van der Waals surface area contributed by atoms with Gasteiger partial charge in [-0.25, -0.2) is 0 Å². The first-order valence-corrected chi connectivity index (χ1v) is 13.1. The van der Waals surface area contributed by atoms with Crippen LogP contribution in [-0.4, -0.2) is 85.1 Å². The number of aliphatic hydroxyl groups is 1. The van der Waals surface area contributed by atoms with Crippen LogP contribution in [0.15, 0.2) is 48.0 Å². The number of ether oxygens (including phenoxy) is 3. The lowest BCUT2D eigenvalue weighted by atomic mass is 9.94. The highest BCUT2D eigenvalue weighted by Crippen LogP contribution is 2.40.